The number of hydrogen-bond acceptors (Lipinski definition) is 5. The molecule has 0 bridgehead atoms. The highest BCUT2D eigenvalue weighted by atomic mass is 16.5. The Morgan fingerprint density at radius 1 is 1.53 bits per heavy atom. The van der Waals surface area contributed by atoms with E-state index in [4.69, 9.17) is 4.74 Å². The summed E-state index contributed by atoms with van der Waals surface area (Å²) in [7, 11) is 1.43. The van der Waals surface area contributed by atoms with E-state index in [0.717, 1.165) is 0 Å². The molecule has 0 unspecified atom stereocenters. The molecular weight excluding hydrogens is 248 g/mol. The Kier molecular flexibility index (Phi) is 3.97. The lowest BCUT2D eigenvalue weighted by Gasteiger charge is -2.09. The Bertz CT molecular complexity index is 554. The zero-order valence-electron chi connectivity index (χ0n) is 10.4. The number of benzene rings is 1. The number of carbonyl (C=O) groups is 1. The number of methoxy groups -OCH3 is 1. The van der Waals surface area contributed by atoms with E-state index in [2.05, 4.69) is 15.6 Å². The van der Waals surface area contributed by atoms with E-state index in [9.17, 15) is 9.90 Å². The standard InChI is InChI=1S/C12H14N4O3/c1-19-10-4-2-3-9(11(10)17)12(18)13-5-7-16-8-6-14-15-16/h2-4,6,8,17H,5,7H2,1H3,(H,13,18). The third-order valence-electron chi connectivity index (χ3n) is 2.56. The van der Waals surface area contributed by atoms with Gasteiger partial charge in [-0.1, -0.05) is 11.3 Å². The minimum absolute atomic E-state index is 0.164. The molecule has 7 heteroatoms. The normalized spacial score (nSPS) is 10.2. The van der Waals surface area contributed by atoms with Crippen molar-refractivity contribution in [3.8, 4) is 11.5 Å². The summed E-state index contributed by atoms with van der Waals surface area (Å²) in [6.07, 6.45) is 3.27. The minimum Gasteiger partial charge on any atom is -0.504 e. The number of amides is 1. The number of hydrogen-bond donors (Lipinski definition) is 2. The van der Waals surface area contributed by atoms with Gasteiger partial charge < -0.3 is 15.2 Å². The van der Waals surface area contributed by atoms with Crippen LogP contribution in [0.5, 0.6) is 11.5 Å². The molecule has 7 nitrogen and oxygen atoms in total. The highest BCUT2D eigenvalue weighted by Crippen LogP contribution is 2.28. The van der Waals surface area contributed by atoms with E-state index >= 15 is 0 Å². The molecule has 1 aromatic heterocycles. The zero-order chi connectivity index (χ0) is 13.7. The lowest BCUT2D eigenvalue weighted by atomic mass is 10.1. The number of phenols is 1. The first-order valence-corrected chi connectivity index (χ1v) is 5.70. The molecule has 0 radical (unpaired) electrons. The van der Waals surface area contributed by atoms with Crippen LogP contribution in [0.4, 0.5) is 0 Å². The second kappa shape index (κ2) is 5.85. The number of aromatic hydroxyl groups is 1. The second-order valence-corrected chi connectivity index (χ2v) is 3.78. The predicted molar refractivity (Wildman–Crippen MR) is 67.0 cm³/mol. The largest absolute Gasteiger partial charge is 0.504 e. The molecule has 0 aliphatic rings. The molecule has 2 aromatic rings. The summed E-state index contributed by atoms with van der Waals surface area (Å²) >= 11 is 0. The summed E-state index contributed by atoms with van der Waals surface area (Å²) < 4.78 is 6.55. The number of carbonyl (C=O) groups excluding carboxylic acids is 1. The molecule has 0 fully saturated rings. The molecule has 0 spiro atoms. The molecule has 1 heterocycles. The smallest absolute Gasteiger partial charge is 0.255 e. The van der Waals surface area contributed by atoms with E-state index < -0.39 is 0 Å². The quantitative estimate of drug-likeness (QED) is 0.815. The Balaban J connectivity index is 1.96. The van der Waals surface area contributed by atoms with Crippen molar-refractivity contribution in [2.75, 3.05) is 13.7 Å². The van der Waals surface area contributed by atoms with E-state index in [1.165, 1.54) is 13.2 Å². The summed E-state index contributed by atoms with van der Waals surface area (Å²) in [5.41, 5.74) is 0.179. The van der Waals surface area contributed by atoms with Crippen molar-refractivity contribution in [1.29, 1.82) is 0 Å². The van der Waals surface area contributed by atoms with Crippen LogP contribution in [0.3, 0.4) is 0 Å². The topological polar surface area (TPSA) is 89.3 Å². The molecule has 2 rings (SSSR count). The van der Waals surface area contributed by atoms with Gasteiger partial charge in [0, 0.05) is 12.7 Å². The number of phenolic OH excluding ortho intramolecular Hbond substituents is 1. The highest BCUT2D eigenvalue weighted by molar-refractivity contribution is 5.97. The first-order valence-electron chi connectivity index (χ1n) is 5.70. The number of nitrogens with one attached hydrogen (secondary N) is 1. The van der Waals surface area contributed by atoms with Gasteiger partial charge in [-0.05, 0) is 12.1 Å². The fraction of sp³-hybridized carbons (Fsp3) is 0.250. The number of para-hydroxylation sites is 1. The summed E-state index contributed by atoms with van der Waals surface area (Å²) in [4.78, 5) is 11.9. The lowest BCUT2D eigenvalue weighted by molar-refractivity contribution is 0.0948. The van der Waals surface area contributed by atoms with E-state index in [0.29, 0.717) is 13.1 Å². The molecule has 0 atom stereocenters. The van der Waals surface area contributed by atoms with Crippen molar-refractivity contribution < 1.29 is 14.6 Å². The van der Waals surface area contributed by atoms with Crippen LogP contribution in [0.1, 0.15) is 10.4 Å². The molecule has 0 aliphatic carbocycles. The van der Waals surface area contributed by atoms with Gasteiger partial charge in [0.05, 0.1) is 25.4 Å². The maximum absolute atomic E-state index is 11.9. The van der Waals surface area contributed by atoms with Crippen LogP contribution < -0.4 is 10.1 Å². The Morgan fingerprint density at radius 2 is 2.37 bits per heavy atom. The summed E-state index contributed by atoms with van der Waals surface area (Å²) in [6.45, 7) is 0.898. The fourth-order valence-corrected chi connectivity index (χ4v) is 1.60. The van der Waals surface area contributed by atoms with Crippen molar-refractivity contribution in [3.05, 3.63) is 36.2 Å². The van der Waals surface area contributed by atoms with E-state index in [1.807, 2.05) is 0 Å². The minimum atomic E-state index is -0.364. The van der Waals surface area contributed by atoms with Crippen LogP contribution >= 0.6 is 0 Å². The highest BCUT2D eigenvalue weighted by Gasteiger charge is 2.14. The van der Waals surface area contributed by atoms with Gasteiger partial charge in [0.15, 0.2) is 11.5 Å². The van der Waals surface area contributed by atoms with Crippen LogP contribution in [0.2, 0.25) is 0 Å². The number of nitrogens with zero attached hydrogens (tertiary/aromatic N) is 3. The summed E-state index contributed by atoms with van der Waals surface area (Å²) in [6, 6.07) is 4.76. The molecule has 2 N–H and O–H groups in total. The van der Waals surface area contributed by atoms with E-state index in [1.54, 1.807) is 29.2 Å². The monoisotopic (exact) mass is 262 g/mol. The zero-order valence-corrected chi connectivity index (χ0v) is 10.4. The average Bonchev–Trinajstić information content (AvgIpc) is 2.92. The summed E-state index contributed by atoms with van der Waals surface area (Å²) in [5.74, 6) is -0.260. The van der Waals surface area contributed by atoms with Crippen molar-refractivity contribution in [3.63, 3.8) is 0 Å². The SMILES string of the molecule is COc1cccc(C(=O)NCCn2ccnn2)c1O. The molecule has 0 saturated carbocycles. The predicted octanol–water partition coefficient (Wildman–Crippen LogP) is 0.422. The van der Waals surface area contributed by atoms with Crippen molar-refractivity contribution in [2.24, 2.45) is 0 Å². The Labute approximate surface area is 109 Å². The van der Waals surface area contributed by atoms with Crippen LogP contribution in [0.25, 0.3) is 0 Å². The first-order chi connectivity index (χ1) is 9.22. The summed E-state index contributed by atoms with van der Waals surface area (Å²) in [5, 5.41) is 20.0. The van der Waals surface area contributed by atoms with Crippen molar-refractivity contribution in [2.45, 2.75) is 6.54 Å². The van der Waals surface area contributed by atoms with E-state index in [-0.39, 0.29) is 23.0 Å². The van der Waals surface area contributed by atoms with Gasteiger partial charge in [0.2, 0.25) is 0 Å². The lowest BCUT2D eigenvalue weighted by Crippen LogP contribution is -2.27. The van der Waals surface area contributed by atoms with Crippen LogP contribution in [-0.2, 0) is 6.54 Å². The molecule has 1 amide bonds. The second-order valence-electron chi connectivity index (χ2n) is 3.78. The van der Waals surface area contributed by atoms with Crippen LogP contribution in [0.15, 0.2) is 30.6 Å². The number of aromatic nitrogens is 3. The van der Waals surface area contributed by atoms with Gasteiger partial charge in [0.1, 0.15) is 0 Å². The molecule has 1 aromatic carbocycles. The van der Waals surface area contributed by atoms with Gasteiger partial charge in [-0.2, -0.15) is 0 Å². The maximum Gasteiger partial charge on any atom is 0.255 e. The van der Waals surface area contributed by atoms with Crippen LogP contribution in [0, 0.1) is 0 Å². The maximum atomic E-state index is 11.9. The van der Waals surface area contributed by atoms with Gasteiger partial charge >= 0.3 is 0 Å². The van der Waals surface area contributed by atoms with Crippen LogP contribution in [-0.4, -0.2) is 39.7 Å². The van der Waals surface area contributed by atoms with Crippen molar-refractivity contribution in [1.82, 2.24) is 20.3 Å². The average molecular weight is 262 g/mol. The Hall–Kier alpha value is -2.57. The molecule has 0 saturated heterocycles. The third kappa shape index (κ3) is 3.01. The first kappa shape index (κ1) is 12.9. The van der Waals surface area contributed by atoms with Gasteiger partial charge in [-0.25, -0.2) is 0 Å². The fourth-order valence-electron chi connectivity index (χ4n) is 1.60. The van der Waals surface area contributed by atoms with Crippen molar-refractivity contribution >= 4 is 5.91 Å². The molecule has 100 valence electrons. The van der Waals surface area contributed by atoms with Gasteiger partial charge in [-0.15, -0.1) is 5.10 Å². The number of rotatable bonds is 5. The van der Waals surface area contributed by atoms with Gasteiger partial charge in [-0.3, -0.25) is 9.48 Å². The third-order valence-corrected chi connectivity index (χ3v) is 2.56. The van der Waals surface area contributed by atoms with Gasteiger partial charge in [0.25, 0.3) is 5.91 Å². The molecular formula is C12H14N4O3. The molecule has 19 heavy (non-hydrogen) atoms. The number of ether oxygens (including phenoxy) is 1. The Morgan fingerprint density at radius 3 is 3.05 bits per heavy atom. The molecule has 0 aliphatic heterocycles.